The number of hydrogen-bond donors (Lipinski definition) is 1. The van der Waals surface area contributed by atoms with Gasteiger partial charge in [0.15, 0.2) is 0 Å². The van der Waals surface area contributed by atoms with Crippen LogP contribution in [0.4, 0.5) is 18.9 Å². The van der Waals surface area contributed by atoms with Crippen molar-refractivity contribution in [3.63, 3.8) is 0 Å². The smallest absolute Gasteiger partial charge is 0.371 e. The Kier molecular flexibility index (Phi) is 6.22. The molecule has 0 amide bonds. The fraction of sp³-hybridized carbons (Fsp3) is 0.650. The van der Waals surface area contributed by atoms with Gasteiger partial charge in [-0.2, -0.15) is 13.2 Å². The molecule has 0 spiro atoms. The van der Waals surface area contributed by atoms with Gasteiger partial charge < -0.3 is 10.6 Å². The number of alkyl halides is 3. The molecule has 0 unspecified atom stereocenters. The average Bonchev–Trinajstić information content (AvgIpc) is 2.63. The minimum Gasteiger partial charge on any atom is -0.371 e. The van der Waals surface area contributed by atoms with Gasteiger partial charge in [0, 0.05) is 24.8 Å². The van der Waals surface area contributed by atoms with Crippen molar-refractivity contribution in [2.45, 2.75) is 63.2 Å². The number of anilines is 1. The number of rotatable bonds is 4. The summed E-state index contributed by atoms with van der Waals surface area (Å²) < 4.78 is 38.1. The molecule has 0 aromatic heterocycles. The normalized spacial score (nSPS) is 27.8. The van der Waals surface area contributed by atoms with Crippen LogP contribution in [0.3, 0.4) is 0 Å². The van der Waals surface area contributed by atoms with Crippen LogP contribution < -0.4 is 10.6 Å². The lowest BCUT2D eigenvalue weighted by Crippen LogP contribution is -2.37. The zero-order chi connectivity index (χ0) is 18.6. The predicted octanol–water partition coefficient (Wildman–Crippen LogP) is 4.65. The quantitative estimate of drug-likeness (QED) is 0.787. The number of hydrogen-bond acceptors (Lipinski definition) is 3. The van der Waals surface area contributed by atoms with E-state index < -0.39 is 11.7 Å². The standard InChI is InChI=1S/C20H28F3N3/c21-20(22,23)16-7-9-17(10-8-16)26-13-3-4-15(14-26)11-12-25-19-6-2-1-5-18(19)24/h7-10,12,15,18-19H,1-6,11,13-14,24H2/t15-,18+,19+/m0/s1. The zero-order valence-electron chi connectivity index (χ0n) is 15.1. The molecular weight excluding hydrogens is 339 g/mol. The minimum absolute atomic E-state index is 0.190. The van der Waals surface area contributed by atoms with Crippen molar-refractivity contribution in [3.8, 4) is 0 Å². The van der Waals surface area contributed by atoms with E-state index >= 15 is 0 Å². The summed E-state index contributed by atoms with van der Waals surface area (Å²) in [5.41, 5.74) is 6.41. The van der Waals surface area contributed by atoms with E-state index in [-0.39, 0.29) is 12.1 Å². The van der Waals surface area contributed by atoms with E-state index in [1.54, 1.807) is 12.1 Å². The van der Waals surface area contributed by atoms with Gasteiger partial charge in [0.25, 0.3) is 0 Å². The lowest BCUT2D eigenvalue weighted by molar-refractivity contribution is -0.137. The lowest BCUT2D eigenvalue weighted by atomic mass is 9.91. The topological polar surface area (TPSA) is 41.6 Å². The highest BCUT2D eigenvalue weighted by Gasteiger charge is 2.30. The second kappa shape index (κ2) is 8.42. The average molecular weight is 367 g/mol. The summed E-state index contributed by atoms with van der Waals surface area (Å²) in [6.45, 7) is 1.76. The first kappa shape index (κ1) is 19.2. The van der Waals surface area contributed by atoms with Gasteiger partial charge in [-0.3, -0.25) is 4.99 Å². The number of nitrogens with zero attached hydrogens (tertiary/aromatic N) is 2. The fourth-order valence-corrected chi connectivity index (χ4v) is 4.02. The van der Waals surface area contributed by atoms with E-state index in [2.05, 4.69) is 4.90 Å². The number of halogens is 3. The van der Waals surface area contributed by atoms with Crippen LogP contribution in [0, 0.1) is 5.92 Å². The predicted molar refractivity (Wildman–Crippen MR) is 99.7 cm³/mol. The van der Waals surface area contributed by atoms with Crippen LogP contribution in [-0.4, -0.2) is 31.4 Å². The van der Waals surface area contributed by atoms with E-state index in [1.807, 2.05) is 6.21 Å². The van der Waals surface area contributed by atoms with Crippen LogP contribution >= 0.6 is 0 Å². The Morgan fingerprint density at radius 3 is 2.50 bits per heavy atom. The molecule has 1 saturated heterocycles. The molecule has 2 N–H and O–H groups in total. The molecule has 3 atom stereocenters. The van der Waals surface area contributed by atoms with E-state index in [0.717, 1.165) is 50.9 Å². The number of nitrogens with two attached hydrogens (primary N) is 1. The van der Waals surface area contributed by atoms with Gasteiger partial charge in [-0.1, -0.05) is 12.8 Å². The summed E-state index contributed by atoms with van der Waals surface area (Å²) in [6, 6.07) is 5.96. The first-order valence-electron chi connectivity index (χ1n) is 9.63. The van der Waals surface area contributed by atoms with Gasteiger partial charge in [-0.05, 0) is 68.5 Å². The molecule has 1 saturated carbocycles. The summed E-state index contributed by atoms with van der Waals surface area (Å²) in [7, 11) is 0. The van der Waals surface area contributed by atoms with Gasteiger partial charge in [-0.25, -0.2) is 0 Å². The summed E-state index contributed by atoms with van der Waals surface area (Å²) in [4.78, 5) is 6.89. The highest BCUT2D eigenvalue weighted by molar-refractivity contribution is 5.58. The van der Waals surface area contributed by atoms with Crippen molar-refractivity contribution < 1.29 is 13.2 Å². The van der Waals surface area contributed by atoms with Gasteiger partial charge in [0.05, 0.1) is 11.6 Å². The Balaban J connectivity index is 1.54. The minimum atomic E-state index is -4.28. The maximum absolute atomic E-state index is 12.7. The van der Waals surface area contributed by atoms with Crippen LogP contribution in [0.2, 0.25) is 0 Å². The molecule has 2 fully saturated rings. The molecular formula is C20H28F3N3. The van der Waals surface area contributed by atoms with Gasteiger partial charge >= 0.3 is 6.18 Å². The maximum Gasteiger partial charge on any atom is 0.416 e. The fourth-order valence-electron chi connectivity index (χ4n) is 4.02. The third-order valence-corrected chi connectivity index (χ3v) is 5.60. The highest BCUT2D eigenvalue weighted by Crippen LogP contribution is 2.32. The Morgan fingerprint density at radius 2 is 1.81 bits per heavy atom. The van der Waals surface area contributed by atoms with Crippen molar-refractivity contribution in [1.29, 1.82) is 0 Å². The number of benzene rings is 1. The molecule has 1 aromatic carbocycles. The van der Waals surface area contributed by atoms with Crippen LogP contribution in [0.25, 0.3) is 0 Å². The molecule has 1 aromatic rings. The molecule has 0 bridgehead atoms. The van der Waals surface area contributed by atoms with E-state index in [4.69, 9.17) is 10.7 Å². The van der Waals surface area contributed by atoms with Crippen LogP contribution in [0.15, 0.2) is 29.3 Å². The molecule has 144 valence electrons. The molecule has 1 aliphatic carbocycles. The zero-order valence-corrected chi connectivity index (χ0v) is 15.1. The third-order valence-electron chi connectivity index (χ3n) is 5.60. The molecule has 3 rings (SSSR count). The van der Waals surface area contributed by atoms with E-state index in [0.29, 0.717) is 5.92 Å². The molecule has 3 nitrogen and oxygen atoms in total. The molecule has 26 heavy (non-hydrogen) atoms. The second-order valence-corrected chi connectivity index (χ2v) is 7.58. The first-order chi connectivity index (χ1) is 12.4. The summed E-state index contributed by atoms with van der Waals surface area (Å²) in [5, 5.41) is 0. The van der Waals surface area contributed by atoms with Gasteiger partial charge in [0.1, 0.15) is 0 Å². The van der Waals surface area contributed by atoms with Crippen molar-refractivity contribution in [2.24, 2.45) is 16.6 Å². The van der Waals surface area contributed by atoms with Crippen molar-refractivity contribution in [2.75, 3.05) is 18.0 Å². The van der Waals surface area contributed by atoms with E-state index in [1.165, 1.54) is 25.0 Å². The Hall–Kier alpha value is -1.56. The van der Waals surface area contributed by atoms with Crippen molar-refractivity contribution in [1.82, 2.24) is 0 Å². The Labute approximate surface area is 153 Å². The van der Waals surface area contributed by atoms with E-state index in [9.17, 15) is 13.2 Å². The Morgan fingerprint density at radius 1 is 1.08 bits per heavy atom. The van der Waals surface area contributed by atoms with Gasteiger partial charge in [0.2, 0.25) is 0 Å². The van der Waals surface area contributed by atoms with Crippen LogP contribution in [0.1, 0.15) is 50.5 Å². The van der Waals surface area contributed by atoms with Gasteiger partial charge in [-0.15, -0.1) is 0 Å². The largest absolute Gasteiger partial charge is 0.416 e. The second-order valence-electron chi connectivity index (χ2n) is 7.58. The molecule has 1 heterocycles. The molecule has 1 aliphatic heterocycles. The third kappa shape index (κ3) is 5.00. The summed E-state index contributed by atoms with van der Waals surface area (Å²) in [6.07, 6.45) is 5.44. The number of piperidine rings is 1. The maximum atomic E-state index is 12.7. The SMILES string of the molecule is N[C@@H]1CCCC[C@H]1N=CC[C@@H]1CCCN(c2ccc(C(F)(F)F)cc2)C1. The van der Waals surface area contributed by atoms with Crippen molar-refractivity contribution >= 4 is 11.9 Å². The first-order valence-corrected chi connectivity index (χ1v) is 9.63. The molecule has 6 heteroatoms. The number of aliphatic imine (C=N–C) groups is 1. The highest BCUT2D eigenvalue weighted by atomic mass is 19.4. The lowest BCUT2D eigenvalue weighted by Gasteiger charge is -2.34. The summed E-state index contributed by atoms with van der Waals surface area (Å²) in [5.74, 6) is 0.495. The van der Waals surface area contributed by atoms with Crippen LogP contribution in [-0.2, 0) is 6.18 Å². The molecule has 0 radical (unpaired) electrons. The molecule has 2 aliphatic rings. The summed E-state index contributed by atoms with van der Waals surface area (Å²) >= 11 is 0. The monoisotopic (exact) mass is 367 g/mol. The van der Waals surface area contributed by atoms with Crippen LogP contribution in [0.5, 0.6) is 0 Å². The Bertz CT molecular complexity index is 597. The van der Waals surface area contributed by atoms with Crippen molar-refractivity contribution in [3.05, 3.63) is 29.8 Å².